The molecule has 0 aliphatic heterocycles. The van der Waals surface area contributed by atoms with Crippen LogP contribution in [0.15, 0.2) is 6.33 Å². The van der Waals surface area contributed by atoms with E-state index in [4.69, 9.17) is 0 Å². The molecule has 1 aromatic rings. The Balaban J connectivity index is 2.22. The van der Waals surface area contributed by atoms with Crippen LogP contribution in [-0.4, -0.2) is 39.9 Å². The molecule has 1 heterocycles. The van der Waals surface area contributed by atoms with Crippen molar-refractivity contribution in [2.75, 3.05) is 13.2 Å². The van der Waals surface area contributed by atoms with E-state index in [1.165, 1.54) is 6.33 Å². The first kappa shape index (κ1) is 12.9. The molecule has 8 nitrogen and oxygen atoms in total. The Morgan fingerprint density at radius 2 is 2.24 bits per heavy atom. The highest BCUT2D eigenvalue weighted by molar-refractivity contribution is 5.80. The molecule has 0 unspecified atom stereocenters. The molecule has 0 saturated carbocycles. The van der Waals surface area contributed by atoms with Crippen molar-refractivity contribution in [3.63, 3.8) is 0 Å². The van der Waals surface area contributed by atoms with Crippen LogP contribution in [-0.2, 0) is 23.1 Å². The summed E-state index contributed by atoms with van der Waals surface area (Å²) in [7, 11) is 1.77. The molecule has 0 spiro atoms. The topological polar surface area (TPSA) is 98.1 Å². The monoisotopic (exact) mass is 241 g/mol. The first-order valence-electron chi connectivity index (χ1n) is 5.13. The van der Waals surface area contributed by atoms with Crippen molar-refractivity contribution in [2.24, 2.45) is 7.05 Å². The van der Waals surface area contributed by atoms with Crippen LogP contribution < -0.4 is 10.6 Å². The number of esters is 1. The van der Waals surface area contributed by atoms with Crippen LogP contribution in [0.5, 0.6) is 0 Å². The summed E-state index contributed by atoms with van der Waals surface area (Å²) in [5.41, 5.74) is 0. The van der Waals surface area contributed by atoms with Gasteiger partial charge in [0.15, 0.2) is 5.82 Å². The van der Waals surface area contributed by atoms with Gasteiger partial charge in [-0.2, -0.15) is 0 Å². The van der Waals surface area contributed by atoms with Crippen LogP contribution in [0.2, 0.25) is 0 Å². The molecule has 1 rings (SSSR count). The van der Waals surface area contributed by atoms with Crippen molar-refractivity contribution in [3.8, 4) is 0 Å². The van der Waals surface area contributed by atoms with Crippen LogP contribution in [0.1, 0.15) is 12.7 Å². The first-order valence-corrected chi connectivity index (χ1v) is 5.13. The van der Waals surface area contributed by atoms with E-state index in [2.05, 4.69) is 25.6 Å². The molecule has 2 N–H and O–H groups in total. The highest BCUT2D eigenvalue weighted by Gasteiger charge is 2.06. The second kappa shape index (κ2) is 6.46. The van der Waals surface area contributed by atoms with Gasteiger partial charge in [-0.3, -0.25) is 4.79 Å². The number of carbonyl (C=O) groups excluding carboxylic acids is 2. The number of carbonyl (C=O) groups is 2. The van der Waals surface area contributed by atoms with E-state index < -0.39 is 12.0 Å². The average molecular weight is 241 g/mol. The third-order valence-electron chi connectivity index (χ3n) is 1.91. The lowest BCUT2D eigenvalue weighted by atomic mass is 10.5. The first-order chi connectivity index (χ1) is 8.13. The van der Waals surface area contributed by atoms with Crippen LogP contribution in [0.25, 0.3) is 0 Å². The predicted molar refractivity (Wildman–Crippen MR) is 57.9 cm³/mol. The van der Waals surface area contributed by atoms with Gasteiger partial charge in [-0.15, -0.1) is 10.2 Å². The maximum absolute atomic E-state index is 11.3. The van der Waals surface area contributed by atoms with Crippen molar-refractivity contribution >= 4 is 12.0 Å². The zero-order chi connectivity index (χ0) is 12.7. The smallest absolute Gasteiger partial charge is 0.325 e. The van der Waals surface area contributed by atoms with E-state index in [1.807, 2.05) is 0 Å². The SMILES string of the molecule is CCOC(=O)CNC(=O)NCc1nncn1C. The van der Waals surface area contributed by atoms with Crippen LogP contribution in [0, 0.1) is 0 Å². The molecule has 0 aliphatic rings. The summed E-state index contributed by atoms with van der Waals surface area (Å²) in [5.74, 6) is 0.151. The lowest BCUT2D eigenvalue weighted by Crippen LogP contribution is -2.39. The standard InChI is InChI=1S/C9H15N5O3/c1-3-17-8(15)5-11-9(16)10-4-7-13-12-6-14(7)2/h6H,3-5H2,1-2H3,(H2,10,11,16). The number of hydrogen-bond donors (Lipinski definition) is 2. The average Bonchev–Trinajstić information content (AvgIpc) is 2.70. The fraction of sp³-hybridized carbons (Fsp3) is 0.556. The summed E-state index contributed by atoms with van der Waals surface area (Å²) >= 11 is 0. The van der Waals surface area contributed by atoms with Crippen molar-refractivity contribution in [2.45, 2.75) is 13.5 Å². The maximum Gasteiger partial charge on any atom is 0.325 e. The molecular weight excluding hydrogens is 226 g/mol. The number of aromatic nitrogens is 3. The van der Waals surface area contributed by atoms with Gasteiger partial charge in [0.2, 0.25) is 0 Å². The Morgan fingerprint density at radius 1 is 1.47 bits per heavy atom. The summed E-state index contributed by atoms with van der Waals surface area (Å²) in [6.07, 6.45) is 1.54. The zero-order valence-corrected chi connectivity index (χ0v) is 9.77. The summed E-state index contributed by atoms with van der Waals surface area (Å²) in [4.78, 5) is 22.2. The Kier molecular flexibility index (Phi) is 4.92. The Hall–Kier alpha value is -2.12. The molecule has 0 saturated heterocycles. The van der Waals surface area contributed by atoms with Crippen LogP contribution >= 0.6 is 0 Å². The molecule has 94 valence electrons. The molecule has 0 aliphatic carbocycles. The molecular formula is C9H15N5O3. The molecule has 17 heavy (non-hydrogen) atoms. The number of amides is 2. The summed E-state index contributed by atoms with van der Waals surface area (Å²) < 4.78 is 6.34. The third-order valence-corrected chi connectivity index (χ3v) is 1.91. The van der Waals surface area contributed by atoms with Crippen LogP contribution in [0.4, 0.5) is 4.79 Å². The quantitative estimate of drug-likeness (QED) is 0.656. The minimum absolute atomic E-state index is 0.154. The second-order valence-corrected chi connectivity index (χ2v) is 3.20. The van der Waals surface area contributed by atoms with Gasteiger partial charge in [0.05, 0.1) is 13.2 Å². The van der Waals surface area contributed by atoms with Gasteiger partial charge in [0, 0.05) is 7.05 Å². The molecule has 0 aromatic carbocycles. The minimum atomic E-state index is -0.471. The number of aryl methyl sites for hydroxylation is 1. The number of ether oxygens (including phenoxy) is 1. The summed E-state index contributed by atoms with van der Waals surface area (Å²) in [5, 5.41) is 12.4. The lowest BCUT2D eigenvalue weighted by Gasteiger charge is -2.06. The molecule has 2 amide bonds. The molecule has 0 radical (unpaired) electrons. The lowest BCUT2D eigenvalue weighted by molar-refractivity contribution is -0.141. The number of urea groups is 1. The Morgan fingerprint density at radius 3 is 2.82 bits per heavy atom. The number of nitrogens with zero attached hydrogens (tertiary/aromatic N) is 3. The Labute approximate surface area is 98.3 Å². The van der Waals surface area contributed by atoms with E-state index in [0.717, 1.165) is 0 Å². The van der Waals surface area contributed by atoms with Crippen molar-refractivity contribution in [3.05, 3.63) is 12.2 Å². The minimum Gasteiger partial charge on any atom is -0.465 e. The van der Waals surface area contributed by atoms with Crippen molar-refractivity contribution in [1.82, 2.24) is 25.4 Å². The molecule has 0 bridgehead atoms. The molecule has 8 heteroatoms. The highest BCUT2D eigenvalue weighted by Crippen LogP contribution is 1.89. The number of hydrogen-bond acceptors (Lipinski definition) is 5. The van der Waals surface area contributed by atoms with Gasteiger partial charge in [-0.05, 0) is 6.92 Å². The van der Waals surface area contributed by atoms with Gasteiger partial charge in [0.1, 0.15) is 12.9 Å². The fourth-order valence-electron chi connectivity index (χ4n) is 1.05. The van der Waals surface area contributed by atoms with E-state index in [0.29, 0.717) is 12.4 Å². The van der Waals surface area contributed by atoms with Crippen molar-refractivity contribution in [1.29, 1.82) is 0 Å². The van der Waals surface area contributed by atoms with E-state index in [9.17, 15) is 9.59 Å². The van der Waals surface area contributed by atoms with Gasteiger partial charge < -0.3 is 19.9 Å². The van der Waals surface area contributed by atoms with Gasteiger partial charge >= 0.3 is 12.0 Å². The number of rotatable bonds is 5. The van der Waals surface area contributed by atoms with Crippen LogP contribution in [0.3, 0.4) is 0 Å². The van der Waals surface area contributed by atoms with Crippen molar-refractivity contribution < 1.29 is 14.3 Å². The maximum atomic E-state index is 11.3. The van der Waals surface area contributed by atoms with E-state index >= 15 is 0 Å². The normalized spacial score (nSPS) is 9.76. The summed E-state index contributed by atoms with van der Waals surface area (Å²) in [6, 6.07) is -0.457. The summed E-state index contributed by atoms with van der Waals surface area (Å²) in [6.45, 7) is 2.08. The van der Waals surface area contributed by atoms with Gasteiger partial charge in [-0.1, -0.05) is 0 Å². The third kappa shape index (κ3) is 4.49. The van der Waals surface area contributed by atoms with E-state index in [-0.39, 0.29) is 13.1 Å². The Bertz CT molecular complexity index is 390. The second-order valence-electron chi connectivity index (χ2n) is 3.20. The zero-order valence-electron chi connectivity index (χ0n) is 9.77. The molecule has 1 aromatic heterocycles. The van der Waals surface area contributed by atoms with E-state index in [1.54, 1.807) is 18.5 Å². The highest BCUT2D eigenvalue weighted by atomic mass is 16.5. The number of nitrogens with one attached hydrogen (secondary N) is 2. The fourth-order valence-corrected chi connectivity index (χ4v) is 1.05. The largest absolute Gasteiger partial charge is 0.465 e. The van der Waals surface area contributed by atoms with Gasteiger partial charge in [-0.25, -0.2) is 4.79 Å². The molecule has 0 fully saturated rings. The van der Waals surface area contributed by atoms with Gasteiger partial charge in [0.25, 0.3) is 0 Å². The predicted octanol–water partition coefficient (Wildman–Crippen LogP) is -0.823. The molecule has 0 atom stereocenters.